The largest absolute Gasteiger partial charge is 0.355 e. The zero-order valence-corrected chi connectivity index (χ0v) is 14.9. The number of carbonyl (C=O) groups excluding carboxylic acids is 2. The number of thiazole rings is 1. The number of carbonyl (C=O) groups is 2. The molecule has 1 fully saturated rings. The summed E-state index contributed by atoms with van der Waals surface area (Å²) in [6, 6.07) is 8.09. The van der Waals surface area contributed by atoms with Crippen LogP contribution in [0.4, 0.5) is 0 Å². The summed E-state index contributed by atoms with van der Waals surface area (Å²) in [7, 11) is 0. The van der Waals surface area contributed by atoms with Crippen LogP contribution < -0.4 is 5.32 Å². The molecule has 2 heterocycles. The second-order valence-corrected chi connectivity index (χ2v) is 7.53. The molecule has 5 nitrogen and oxygen atoms in total. The molecule has 6 heteroatoms. The van der Waals surface area contributed by atoms with E-state index in [2.05, 4.69) is 23.3 Å². The van der Waals surface area contributed by atoms with Crippen LogP contribution in [-0.2, 0) is 9.59 Å². The molecule has 1 aromatic heterocycles. The number of nitrogens with zero attached hydrogens (tertiary/aromatic N) is 2. The monoisotopic (exact) mass is 345 g/mol. The topological polar surface area (TPSA) is 62.3 Å². The fourth-order valence-corrected chi connectivity index (χ4v) is 4.08. The summed E-state index contributed by atoms with van der Waals surface area (Å²) in [5.41, 5.74) is 1.01. The first-order valence-corrected chi connectivity index (χ1v) is 9.25. The minimum atomic E-state index is -0.0924. The third-order valence-electron chi connectivity index (χ3n) is 4.55. The number of nitrogens with one attached hydrogen (secondary N) is 1. The lowest BCUT2D eigenvalue weighted by Crippen LogP contribution is -2.45. The van der Waals surface area contributed by atoms with Gasteiger partial charge in [0.15, 0.2) is 0 Å². The number of aromatic nitrogens is 1. The van der Waals surface area contributed by atoms with Crippen molar-refractivity contribution in [3.8, 4) is 0 Å². The van der Waals surface area contributed by atoms with Gasteiger partial charge in [-0.25, -0.2) is 4.98 Å². The molecule has 0 aliphatic carbocycles. The zero-order chi connectivity index (χ0) is 17.1. The third kappa shape index (κ3) is 3.75. The summed E-state index contributed by atoms with van der Waals surface area (Å²) in [5, 5.41) is 4.09. The van der Waals surface area contributed by atoms with Gasteiger partial charge in [0.05, 0.1) is 21.1 Å². The Morgan fingerprint density at radius 3 is 2.96 bits per heavy atom. The van der Waals surface area contributed by atoms with Crippen LogP contribution >= 0.6 is 11.3 Å². The summed E-state index contributed by atoms with van der Waals surface area (Å²) in [5.74, 6) is 0.188. The standard InChI is InChI=1S/C18H23N3O2S/c1-12(18-20-15-7-3-4-8-16(15)24-18)10-19-17(23)14-6-5-9-21(11-14)13(2)22/h3-4,7-8,12,14H,5-6,9-11H2,1-2H3,(H,19,23)/t12-,14+/m1/s1. The van der Waals surface area contributed by atoms with Crippen LogP contribution in [0.25, 0.3) is 10.2 Å². The molecule has 0 unspecified atom stereocenters. The molecule has 1 N–H and O–H groups in total. The molecule has 2 atom stereocenters. The fraction of sp³-hybridized carbons (Fsp3) is 0.500. The van der Waals surface area contributed by atoms with E-state index in [-0.39, 0.29) is 23.7 Å². The summed E-state index contributed by atoms with van der Waals surface area (Å²) < 4.78 is 1.18. The molecule has 0 bridgehead atoms. The third-order valence-corrected chi connectivity index (χ3v) is 5.82. The van der Waals surface area contributed by atoms with Crippen molar-refractivity contribution in [2.45, 2.75) is 32.6 Å². The highest BCUT2D eigenvalue weighted by Crippen LogP contribution is 2.27. The lowest BCUT2D eigenvalue weighted by atomic mass is 9.97. The van der Waals surface area contributed by atoms with Crippen LogP contribution in [-0.4, -0.2) is 41.3 Å². The van der Waals surface area contributed by atoms with Gasteiger partial charge in [-0.1, -0.05) is 19.1 Å². The minimum absolute atomic E-state index is 0.0499. The van der Waals surface area contributed by atoms with Crippen LogP contribution in [0.1, 0.15) is 37.6 Å². The number of amides is 2. The van der Waals surface area contributed by atoms with Gasteiger partial charge in [-0.2, -0.15) is 0 Å². The van der Waals surface area contributed by atoms with Crippen molar-refractivity contribution in [2.75, 3.05) is 19.6 Å². The summed E-state index contributed by atoms with van der Waals surface area (Å²) in [6.45, 7) is 5.53. The minimum Gasteiger partial charge on any atom is -0.355 e. The van der Waals surface area contributed by atoms with E-state index >= 15 is 0 Å². The molecular formula is C18H23N3O2S. The van der Waals surface area contributed by atoms with E-state index in [1.807, 2.05) is 18.2 Å². The van der Waals surface area contributed by atoms with Crippen LogP contribution in [0.15, 0.2) is 24.3 Å². The van der Waals surface area contributed by atoms with E-state index < -0.39 is 0 Å². The molecule has 2 aromatic rings. The summed E-state index contributed by atoms with van der Waals surface area (Å²) in [6.07, 6.45) is 1.75. The van der Waals surface area contributed by atoms with E-state index in [1.165, 1.54) is 4.70 Å². The van der Waals surface area contributed by atoms with Crippen molar-refractivity contribution in [3.05, 3.63) is 29.3 Å². The van der Waals surface area contributed by atoms with Gasteiger partial charge >= 0.3 is 0 Å². The van der Waals surface area contributed by atoms with Crippen LogP contribution in [0.3, 0.4) is 0 Å². The maximum absolute atomic E-state index is 12.4. The highest BCUT2D eigenvalue weighted by molar-refractivity contribution is 7.18. The van der Waals surface area contributed by atoms with Gasteiger partial charge in [0.25, 0.3) is 0 Å². The van der Waals surface area contributed by atoms with E-state index in [1.54, 1.807) is 23.2 Å². The van der Waals surface area contributed by atoms with Gasteiger partial charge in [-0.05, 0) is 25.0 Å². The first kappa shape index (κ1) is 16.9. The first-order valence-electron chi connectivity index (χ1n) is 8.43. The van der Waals surface area contributed by atoms with Gasteiger partial charge in [0, 0.05) is 32.5 Å². The smallest absolute Gasteiger partial charge is 0.224 e. The number of likely N-dealkylation sites (tertiary alicyclic amines) is 1. The molecular weight excluding hydrogens is 322 g/mol. The number of rotatable bonds is 4. The van der Waals surface area contributed by atoms with Crippen molar-refractivity contribution in [1.29, 1.82) is 0 Å². The van der Waals surface area contributed by atoms with Gasteiger partial charge in [-0.3, -0.25) is 9.59 Å². The SMILES string of the molecule is CC(=O)N1CCC[C@H](C(=O)NC[C@@H](C)c2nc3ccccc3s2)C1. The maximum atomic E-state index is 12.4. The Morgan fingerprint density at radius 2 is 2.21 bits per heavy atom. The van der Waals surface area contributed by atoms with Crippen molar-refractivity contribution < 1.29 is 9.59 Å². The molecule has 1 aliphatic heterocycles. The fourth-order valence-electron chi connectivity index (χ4n) is 3.06. The Labute approximate surface area is 146 Å². The average molecular weight is 345 g/mol. The number of para-hydroxylation sites is 1. The zero-order valence-electron chi connectivity index (χ0n) is 14.1. The molecule has 0 saturated carbocycles. The highest BCUT2D eigenvalue weighted by atomic mass is 32.1. The maximum Gasteiger partial charge on any atom is 0.224 e. The quantitative estimate of drug-likeness (QED) is 0.927. The molecule has 1 aromatic carbocycles. The molecule has 24 heavy (non-hydrogen) atoms. The lowest BCUT2D eigenvalue weighted by molar-refractivity contribution is -0.133. The summed E-state index contributed by atoms with van der Waals surface area (Å²) >= 11 is 1.68. The number of fused-ring (bicyclic) bond motifs is 1. The first-order chi connectivity index (χ1) is 11.5. The van der Waals surface area contributed by atoms with Crippen molar-refractivity contribution >= 4 is 33.4 Å². The molecule has 2 amide bonds. The molecule has 128 valence electrons. The number of piperidine rings is 1. The second-order valence-electron chi connectivity index (χ2n) is 6.47. The Morgan fingerprint density at radius 1 is 1.42 bits per heavy atom. The van der Waals surface area contributed by atoms with Crippen molar-refractivity contribution in [1.82, 2.24) is 15.2 Å². The Hall–Kier alpha value is -1.95. The van der Waals surface area contributed by atoms with Crippen LogP contribution in [0.2, 0.25) is 0 Å². The second kappa shape index (κ2) is 7.30. The Kier molecular flexibility index (Phi) is 5.14. The van der Waals surface area contributed by atoms with E-state index in [0.717, 1.165) is 29.9 Å². The van der Waals surface area contributed by atoms with E-state index in [0.29, 0.717) is 13.1 Å². The molecule has 1 aliphatic rings. The van der Waals surface area contributed by atoms with Gasteiger partial charge in [0.1, 0.15) is 0 Å². The number of hydrogen-bond acceptors (Lipinski definition) is 4. The normalized spacial score (nSPS) is 19.2. The highest BCUT2D eigenvalue weighted by Gasteiger charge is 2.27. The van der Waals surface area contributed by atoms with E-state index in [9.17, 15) is 9.59 Å². The van der Waals surface area contributed by atoms with Crippen LogP contribution in [0.5, 0.6) is 0 Å². The van der Waals surface area contributed by atoms with Crippen molar-refractivity contribution in [3.63, 3.8) is 0 Å². The Balaban J connectivity index is 1.56. The number of hydrogen-bond donors (Lipinski definition) is 1. The van der Waals surface area contributed by atoms with Crippen molar-refractivity contribution in [2.24, 2.45) is 5.92 Å². The van der Waals surface area contributed by atoms with E-state index in [4.69, 9.17) is 0 Å². The van der Waals surface area contributed by atoms with Gasteiger partial charge < -0.3 is 10.2 Å². The lowest BCUT2D eigenvalue weighted by Gasteiger charge is -2.31. The summed E-state index contributed by atoms with van der Waals surface area (Å²) in [4.78, 5) is 30.3. The molecule has 0 radical (unpaired) electrons. The molecule has 1 saturated heterocycles. The molecule has 0 spiro atoms. The van der Waals surface area contributed by atoms with Crippen LogP contribution in [0, 0.1) is 5.92 Å². The average Bonchev–Trinajstić information content (AvgIpc) is 3.03. The number of benzene rings is 1. The Bertz CT molecular complexity index is 710. The predicted octanol–water partition coefficient (Wildman–Crippen LogP) is 2.77. The molecule has 3 rings (SSSR count). The van der Waals surface area contributed by atoms with Gasteiger partial charge in [-0.15, -0.1) is 11.3 Å². The predicted molar refractivity (Wildman–Crippen MR) is 96.0 cm³/mol. The van der Waals surface area contributed by atoms with Gasteiger partial charge in [0.2, 0.25) is 11.8 Å².